The minimum atomic E-state index is -2.95. The number of aliphatic imine (C=N–C) groups is 1. The van der Waals surface area contributed by atoms with E-state index >= 15 is 0 Å². The minimum absolute atomic E-state index is 0.0244. The lowest BCUT2D eigenvalue weighted by atomic mass is 10.2. The molecule has 3 rings (SSSR count). The van der Waals surface area contributed by atoms with Crippen molar-refractivity contribution in [2.45, 2.75) is 33.5 Å². The van der Waals surface area contributed by atoms with Crippen LogP contribution < -0.4 is 20.1 Å². The van der Waals surface area contributed by atoms with Gasteiger partial charge in [-0.3, -0.25) is 0 Å². The van der Waals surface area contributed by atoms with Crippen LogP contribution in [0.5, 0.6) is 11.5 Å². The van der Waals surface area contributed by atoms with Crippen LogP contribution in [-0.4, -0.2) is 40.5 Å². The molecule has 0 saturated carbocycles. The number of nitrogens with zero attached hydrogens (tertiary/aromatic N) is 4. The summed E-state index contributed by atoms with van der Waals surface area (Å²) in [5.74, 6) is 0.857. The van der Waals surface area contributed by atoms with E-state index in [0.29, 0.717) is 31.2 Å². The highest BCUT2D eigenvalue weighted by atomic mass is 19.3. The van der Waals surface area contributed by atoms with Crippen molar-refractivity contribution in [3.05, 3.63) is 66.2 Å². The summed E-state index contributed by atoms with van der Waals surface area (Å²) < 4.78 is 37.7. The second-order valence-corrected chi connectivity index (χ2v) is 6.61. The van der Waals surface area contributed by atoms with Gasteiger partial charge in [0.1, 0.15) is 12.7 Å². The Bertz CT molecular complexity index is 994. The predicted molar refractivity (Wildman–Crippen MR) is 117 cm³/mol. The summed E-state index contributed by atoms with van der Waals surface area (Å²) in [6.07, 6.45) is 3.11. The number of hydrogen-bond donors (Lipinski definition) is 2. The zero-order valence-electron chi connectivity index (χ0n) is 18.0. The van der Waals surface area contributed by atoms with E-state index < -0.39 is 6.61 Å². The van der Waals surface area contributed by atoms with E-state index in [0.717, 1.165) is 11.3 Å². The van der Waals surface area contributed by atoms with E-state index in [9.17, 15) is 8.78 Å². The van der Waals surface area contributed by atoms with E-state index in [-0.39, 0.29) is 18.0 Å². The van der Waals surface area contributed by atoms with E-state index in [1.54, 1.807) is 36.1 Å². The summed E-state index contributed by atoms with van der Waals surface area (Å²) in [4.78, 5) is 8.52. The van der Waals surface area contributed by atoms with Crippen molar-refractivity contribution < 1.29 is 18.3 Å². The molecule has 1 heterocycles. The topological polar surface area (TPSA) is 85.6 Å². The van der Waals surface area contributed by atoms with Gasteiger partial charge in [-0.25, -0.2) is 14.7 Å². The second kappa shape index (κ2) is 11.6. The summed E-state index contributed by atoms with van der Waals surface area (Å²) >= 11 is 0. The summed E-state index contributed by atoms with van der Waals surface area (Å²) in [6.45, 7) is 2.45. The average Bonchev–Trinajstić information content (AvgIpc) is 3.32. The van der Waals surface area contributed by atoms with Gasteiger partial charge < -0.3 is 20.1 Å². The molecule has 0 amide bonds. The normalized spacial score (nSPS) is 11.5. The second-order valence-electron chi connectivity index (χ2n) is 6.61. The molecule has 0 atom stereocenters. The number of para-hydroxylation sites is 1. The van der Waals surface area contributed by atoms with Crippen molar-refractivity contribution in [3.63, 3.8) is 0 Å². The fourth-order valence-corrected chi connectivity index (χ4v) is 2.98. The largest absolute Gasteiger partial charge is 0.490 e. The molecule has 0 radical (unpaired) electrons. The maximum absolute atomic E-state index is 12.9. The SMILES string of the molecule is CCNC(=NCc1ccc(-n2cncn2)cc1)NCc1cccc(OCC)c1OC(F)F. The van der Waals surface area contributed by atoms with Crippen LogP contribution in [0.1, 0.15) is 25.0 Å². The van der Waals surface area contributed by atoms with Crippen LogP contribution in [-0.2, 0) is 13.1 Å². The zero-order valence-corrected chi connectivity index (χ0v) is 18.0. The van der Waals surface area contributed by atoms with E-state index in [1.807, 2.05) is 31.2 Å². The average molecular weight is 444 g/mol. The number of aromatic nitrogens is 3. The minimum Gasteiger partial charge on any atom is -0.490 e. The van der Waals surface area contributed by atoms with Crippen molar-refractivity contribution in [1.82, 2.24) is 25.4 Å². The Labute approximate surface area is 185 Å². The van der Waals surface area contributed by atoms with Crippen LogP contribution in [0.4, 0.5) is 8.78 Å². The van der Waals surface area contributed by atoms with Gasteiger partial charge in [0.05, 0.1) is 18.8 Å². The van der Waals surface area contributed by atoms with Gasteiger partial charge in [0.25, 0.3) is 0 Å². The standard InChI is InChI=1S/C22H26F2N6O2/c1-3-26-22(27-12-16-8-10-18(11-9-16)30-15-25-14-29-30)28-13-17-6-5-7-19(31-4-2)20(17)32-21(23)24/h5-11,14-15,21H,3-4,12-13H2,1-2H3,(H2,26,27,28). The maximum atomic E-state index is 12.9. The third kappa shape index (κ3) is 6.40. The smallest absolute Gasteiger partial charge is 0.387 e. The lowest BCUT2D eigenvalue weighted by Crippen LogP contribution is -2.36. The molecule has 3 aromatic rings. The molecule has 0 unspecified atom stereocenters. The summed E-state index contributed by atoms with van der Waals surface area (Å²) in [7, 11) is 0. The Morgan fingerprint density at radius 1 is 1.12 bits per heavy atom. The number of benzene rings is 2. The van der Waals surface area contributed by atoms with Crippen LogP contribution in [0.15, 0.2) is 60.1 Å². The number of ether oxygens (including phenoxy) is 2. The molecule has 8 nitrogen and oxygen atoms in total. The number of hydrogen-bond acceptors (Lipinski definition) is 5. The Morgan fingerprint density at radius 3 is 2.59 bits per heavy atom. The molecule has 1 aromatic heterocycles. The number of guanidine groups is 1. The monoisotopic (exact) mass is 444 g/mol. The quantitative estimate of drug-likeness (QED) is 0.368. The van der Waals surface area contributed by atoms with E-state index in [4.69, 9.17) is 9.47 Å². The fraction of sp³-hybridized carbons (Fsp3) is 0.318. The molecule has 0 aliphatic rings. The van der Waals surface area contributed by atoms with Crippen molar-refractivity contribution in [3.8, 4) is 17.2 Å². The Hall–Kier alpha value is -3.69. The molecule has 0 saturated heterocycles. The molecule has 0 fully saturated rings. The molecule has 2 aromatic carbocycles. The first-order valence-electron chi connectivity index (χ1n) is 10.3. The molecule has 10 heteroatoms. The van der Waals surface area contributed by atoms with Crippen molar-refractivity contribution in [2.75, 3.05) is 13.2 Å². The lowest BCUT2D eigenvalue weighted by molar-refractivity contribution is -0.0520. The van der Waals surface area contributed by atoms with Crippen LogP contribution in [0.25, 0.3) is 5.69 Å². The highest BCUT2D eigenvalue weighted by Crippen LogP contribution is 2.32. The third-order valence-corrected chi connectivity index (χ3v) is 4.40. The Kier molecular flexibility index (Phi) is 8.36. The van der Waals surface area contributed by atoms with Gasteiger partial charge in [0, 0.05) is 18.7 Å². The van der Waals surface area contributed by atoms with Crippen LogP contribution in [0.3, 0.4) is 0 Å². The molecular formula is C22H26F2N6O2. The molecular weight excluding hydrogens is 418 g/mol. The number of nitrogens with one attached hydrogen (secondary N) is 2. The first-order chi connectivity index (χ1) is 15.6. The van der Waals surface area contributed by atoms with Crippen LogP contribution >= 0.6 is 0 Å². The molecule has 2 N–H and O–H groups in total. The Morgan fingerprint density at radius 2 is 1.94 bits per heavy atom. The van der Waals surface area contributed by atoms with Crippen molar-refractivity contribution in [1.29, 1.82) is 0 Å². The van der Waals surface area contributed by atoms with Gasteiger partial charge in [0.2, 0.25) is 0 Å². The van der Waals surface area contributed by atoms with E-state index in [1.165, 1.54) is 6.33 Å². The summed E-state index contributed by atoms with van der Waals surface area (Å²) in [5, 5.41) is 10.4. The molecule has 0 bridgehead atoms. The number of alkyl halides is 2. The summed E-state index contributed by atoms with van der Waals surface area (Å²) in [6, 6.07) is 12.8. The van der Waals surface area contributed by atoms with Gasteiger partial charge in [-0.1, -0.05) is 24.3 Å². The fourth-order valence-electron chi connectivity index (χ4n) is 2.98. The maximum Gasteiger partial charge on any atom is 0.387 e. The predicted octanol–water partition coefficient (Wildman–Crippen LogP) is 3.52. The van der Waals surface area contributed by atoms with Gasteiger partial charge in [-0.15, -0.1) is 0 Å². The molecule has 0 spiro atoms. The zero-order chi connectivity index (χ0) is 22.8. The van der Waals surface area contributed by atoms with Gasteiger partial charge in [0.15, 0.2) is 17.5 Å². The van der Waals surface area contributed by atoms with Gasteiger partial charge in [-0.05, 0) is 37.6 Å². The van der Waals surface area contributed by atoms with Crippen molar-refractivity contribution >= 4 is 5.96 Å². The van der Waals surface area contributed by atoms with Crippen molar-refractivity contribution in [2.24, 2.45) is 4.99 Å². The first kappa shape index (κ1) is 23.0. The van der Waals surface area contributed by atoms with Crippen LogP contribution in [0, 0.1) is 0 Å². The van der Waals surface area contributed by atoms with Gasteiger partial charge >= 0.3 is 6.61 Å². The first-order valence-corrected chi connectivity index (χ1v) is 10.3. The number of rotatable bonds is 10. The van der Waals surface area contributed by atoms with Crippen LogP contribution in [0.2, 0.25) is 0 Å². The highest BCUT2D eigenvalue weighted by Gasteiger charge is 2.16. The Balaban J connectivity index is 1.69. The molecule has 170 valence electrons. The highest BCUT2D eigenvalue weighted by molar-refractivity contribution is 5.79. The van der Waals surface area contributed by atoms with Gasteiger partial charge in [-0.2, -0.15) is 13.9 Å². The lowest BCUT2D eigenvalue weighted by Gasteiger charge is -2.17. The molecule has 0 aliphatic heterocycles. The summed E-state index contributed by atoms with van der Waals surface area (Å²) in [5.41, 5.74) is 2.45. The van der Waals surface area contributed by atoms with E-state index in [2.05, 4.69) is 25.7 Å². The molecule has 0 aliphatic carbocycles. The molecule has 32 heavy (non-hydrogen) atoms. The number of halogens is 2. The third-order valence-electron chi connectivity index (χ3n) is 4.40.